The highest BCUT2D eigenvalue weighted by Crippen LogP contribution is 2.18. The molecule has 3 aromatic carbocycles. The molecule has 0 bridgehead atoms. The molecule has 0 aliphatic carbocycles. The van der Waals surface area contributed by atoms with Crippen LogP contribution in [0, 0.1) is 0 Å². The van der Waals surface area contributed by atoms with Crippen LogP contribution in [0.15, 0.2) is 66.7 Å². The Kier molecular flexibility index (Phi) is 7.45. The molecule has 0 saturated heterocycles. The molecule has 2 amide bonds. The van der Waals surface area contributed by atoms with Crippen molar-refractivity contribution in [2.75, 3.05) is 5.32 Å². The number of hydrogen-bond acceptors (Lipinski definition) is 4. The summed E-state index contributed by atoms with van der Waals surface area (Å²) in [5.41, 5.74) is 5.05. The highest BCUT2D eigenvalue weighted by molar-refractivity contribution is 5.97. The quantitative estimate of drug-likeness (QED) is 0.312. The van der Waals surface area contributed by atoms with Gasteiger partial charge in [-0.05, 0) is 67.4 Å². The molecule has 0 fully saturated rings. The number of amides is 2. The predicted molar refractivity (Wildman–Crippen MR) is 138 cm³/mol. The maximum Gasteiger partial charge on any atom is 0.251 e. The lowest BCUT2D eigenvalue weighted by atomic mass is 10.1. The number of nitrogens with one attached hydrogen (secondary N) is 3. The molecule has 7 nitrogen and oxygen atoms in total. The van der Waals surface area contributed by atoms with Crippen LogP contribution < -0.4 is 15.4 Å². The lowest BCUT2D eigenvalue weighted by Gasteiger charge is -2.10. The van der Waals surface area contributed by atoms with E-state index in [4.69, 9.17) is 4.74 Å². The Bertz CT molecular complexity index is 1310. The van der Waals surface area contributed by atoms with Gasteiger partial charge < -0.3 is 20.4 Å². The van der Waals surface area contributed by atoms with Crippen LogP contribution >= 0.6 is 0 Å². The number of hydrogen-bond donors (Lipinski definition) is 3. The van der Waals surface area contributed by atoms with Crippen LogP contribution in [0.3, 0.4) is 0 Å². The zero-order chi connectivity index (χ0) is 24.8. The van der Waals surface area contributed by atoms with Gasteiger partial charge in [-0.15, -0.1) is 0 Å². The summed E-state index contributed by atoms with van der Waals surface area (Å²) in [6, 6.07) is 20.9. The van der Waals surface area contributed by atoms with E-state index < -0.39 is 0 Å². The van der Waals surface area contributed by atoms with Crippen LogP contribution in [0.4, 0.5) is 5.69 Å². The number of carbonyl (C=O) groups excluding carboxylic acids is 2. The van der Waals surface area contributed by atoms with Crippen molar-refractivity contribution in [3.05, 3.63) is 89.2 Å². The Morgan fingerprint density at radius 2 is 1.69 bits per heavy atom. The van der Waals surface area contributed by atoms with Gasteiger partial charge in [-0.2, -0.15) is 0 Å². The molecule has 0 aliphatic heterocycles. The average molecular weight is 471 g/mol. The Labute approximate surface area is 204 Å². The molecule has 0 unspecified atom stereocenters. The maximum absolute atomic E-state index is 12.7. The minimum Gasteiger partial charge on any atom is -0.491 e. The van der Waals surface area contributed by atoms with E-state index in [1.54, 1.807) is 6.07 Å². The molecule has 7 heteroatoms. The number of anilines is 1. The van der Waals surface area contributed by atoms with Crippen LogP contribution in [-0.2, 0) is 17.8 Å². The first kappa shape index (κ1) is 24.0. The molecule has 0 spiro atoms. The van der Waals surface area contributed by atoms with E-state index >= 15 is 0 Å². The summed E-state index contributed by atoms with van der Waals surface area (Å²) < 4.78 is 5.66. The highest BCUT2D eigenvalue weighted by atomic mass is 16.5. The molecule has 35 heavy (non-hydrogen) atoms. The van der Waals surface area contributed by atoms with E-state index in [2.05, 4.69) is 20.6 Å². The van der Waals surface area contributed by atoms with Gasteiger partial charge in [-0.25, -0.2) is 4.98 Å². The van der Waals surface area contributed by atoms with Crippen molar-refractivity contribution in [2.45, 2.75) is 46.3 Å². The lowest BCUT2D eigenvalue weighted by Crippen LogP contribution is -2.22. The molecule has 4 aromatic rings. The van der Waals surface area contributed by atoms with E-state index in [1.165, 1.54) is 0 Å². The average Bonchev–Trinajstić information content (AvgIpc) is 3.25. The largest absolute Gasteiger partial charge is 0.491 e. The smallest absolute Gasteiger partial charge is 0.251 e. The molecule has 4 rings (SSSR count). The van der Waals surface area contributed by atoms with Crippen molar-refractivity contribution in [2.24, 2.45) is 0 Å². The molecule has 1 heterocycles. The topological polar surface area (TPSA) is 96.1 Å². The van der Waals surface area contributed by atoms with Gasteiger partial charge in [0.25, 0.3) is 5.91 Å². The van der Waals surface area contributed by atoms with Crippen LogP contribution in [0.2, 0.25) is 0 Å². The summed E-state index contributed by atoms with van der Waals surface area (Å²) in [6.45, 7) is 6.23. The Morgan fingerprint density at radius 1 is 0.971 bits per heavy atom. The molecular weight excluding hydrogens is 440 g/mol. The third-order valence-corrected chi connectivity index (χ3v) is 5.47. The summed E-state index contributed by atoms with van der Waals surface area (Å²) in [5, 5.41) is 5.81. The number of fused-ring (bicyclic) bond motifs is 1. The fourth-order valence-electron chi connectivity index (χ4n) is 3.68. The Morgan fingerprint density at radius 3 is 2.37 bits per heavy atom. The summed E-state index contributed by atoms with van der Waals surface area (Å²) in [7, 11) is 0. The van der Waals surface area contributed by atoms with E-state index in [0.717, 1.165) is 39.4 Å². The van der Waals surface area contributed by atoms with Gasteiger partial charge in [0.1, 0.15) is 11.6 Å². The summed E-state index contributed by atoms with van der Waals surface area (Å²) in [4.78, 5) is 32.2. The SMILES string of the molecule is CCC(=O)Nc1ccc(Cc2nc3ccc(C(=O)NCc4ccc(OC(C)C)cc4)cc3[nH]2)cc1. The fraction of sp³-hybridized carbons (Fsp3) is 0.250. The number of nitrogens with zero attached hydrogens (tertiary/aromatic N) is 1. The molecule has 180 valence electrons. The normalized spacial score (nSPS) is 11.0. The number of benzene rings is 3. The van der Waals surface area contributed by atoms with Crippen molar-refractivity contribution in [1.82, 2.24) is 15.3 Å². The van der Waals surface area contributed by atoms with Gasteiger partial charge >= 0.3 is 0 Å². The molecule has 0 radical (unpaired) electrons. The molecular formula is C28H30N4O3. The molecule has 0 atom stereocenters. The number of carbonyl (C=O) groups is 2. The number of ether oxygens (including phenoxy) is 1. The van der Waals surface area contributed by atoms with E-state index in [0.29, 0.717) is 24.9 Å². The first-order valence-corrected chi connectivity index (χ1v) is 11.8. The fourth-order valence-corrected chi connectivity index (χ4v) is 3.68. The van der Waals surface area contributed by atoms with Crippen molar-refractivity contribution < 1.29 is 14.3 Å². The van der Waals surface area contributed by atoms with E-state index in [1.807, 2.05) is 81.4 Å². The van der Waals surface area contributed by atoms with Crippen LogP contribution in [0.5, 0.6) is 5.75 Å². The lowest BCUT2D eigenvalue weighted by molar-refractivity contribution is -0.115. The minimum atomic E-state index is -0.143. The highest BCUT2D eigenvalue weighted by Gasteiger charge is 2.10. The second-order valence-corrected chi connectivity index (χ2v) is 8.68. The third kappa shape index (κ3) is 6.47. The number of imidazole rings is 1. The van der Waals surface area contributed by atoms with Gasteiger partial charge in [0.05, 0.1) is 17.1 Å². The van der Waals surface area contributed by atoms with Crippen molar-refractivity contribution in [1.29, 1.82) is 0 Å². The van der Waals surface area contributed by atoms with Gasteiger partial charge in [-0.3, -0.25) is 9.59 Å². The zero-order valence-electron chi connectivity index (χ0n) is 20.2. The standard InChI is InChI=1S/C28H30N4O3/c1-4-27(33)30-22-10-5-19(6-11-22)15-26-31-24-14-9-21(16-25(24)32-26)28(34)29-17-20-7-12-23(13-8-20)35-18(2)3/h5-14,16,18H,4,15,17H2,1-3H3,(H,29,34)(H,30,33)(H,31,32). The van der Waals surface area contributed by atoms with E-state index in [9.17, 15) is 9.59 Å². The van der Waals surface area contributed by atoms with Crippen molar-refractivity contribution in [3.8, 4) is 5.75 Å². The van der Waals surface area contributed by atoms with Gasteiger partial charge in [0.15, 0.2) is 0 Å². The number of H-pyrrole nitrogens is 1. The maximum atomic E-state index is 12.7. The first-order chi connectivity index (χ1) is 16.9. The second-order valence-electron chi connectivity index (χ2n) is 8.68. The summed E-state index contributed by atoms with van der Waals surface area (Å²) in [5.74, 6) is 1.47. The Balaban J connectivity index is 1.37. The third-order valence-electron chi connectivity index (χ3n) is 5.47. The minimum absolute atomic E-state index is 0.0102. The van der Waals surface area contributed by atoms with E-state index in [-0.39, 0.29) is 17.9 Å². The van der Waals surface area contributed by atoms with Crippen LogP contribution in [0.1, 0.15) is 54.5 Å². The van der Waals surface area contributed by atoms with Crippen LogP contribution in [-0.4, -0.2) is 27.9 Å². The molecule has 0 saturated carbocycles. The second kappa shape index (κ2) is 10.9. The zero-order valence-corrected chi connectivity index (χ0v) is 20.2. The first-order valence-electron chi connectivity index (χ1n) is 11.8. The Hall–Kier alpha value is -4.13. The van der Waals surface area contributed by atoms with Crippen molar-refractivity contribution >= 4 is 28.5 Å². The summed E-state index contributed by atoms with van der Waals surface area (Å²) >= 11 is 0. The van der Waals surface area contributed by atoms with Gasteiger partial charge in [0, 0.05) is 30.6 Å². The number of aromatic amines is 1. The number of aromatic nitrogens is 2. The number of rotatable bonds is 9. The van der Waals surface area contributed by atoms with Crippen molar-refractivity contribution in [3.63, 3.8) is 0 Å². The predicted octanol–water partition coefficient (Wildman–Crippen LogP) is 5.22. The van der Waals surface area contributed by atoms with Gasteiger partial charge in [0.2, 0.25) is 5.91 Å². The monoisotopic (exact) mass is 470 g/mol. The summed E-state index contributed by atoms with van der Waals surface area (Å²) in [6.07, 6.45) is 1.19. The van der Waals surface area contributed by atoms with Gasteiger partial charge in [-0.1, -0.05) is 31.2 Å². The molecule has 3 N–H and O–H groups in total. The van der Waals surface area contributed by atoms with Crippen LogP contribution in [0.25, 0.3) is 11.0 Å². The molecule has 1 aromatic heterocycles. The molecule has 0 aliphatic rings.